The van der Waals surface area contributed by atoms with Gasteiger partial charge in [0.15, 0.2) is 14.7 Å². The molecule has 0 aromatic heterocycles. The largest absolute Gasteiger partial charge is 0.509 e. The first-order chi connectivity index (χ1) is 16.4. The summed E-state index contributed by atoms with van der Waals surface area (Å²) in [6, 6.07) is 26.9. The van der Waals surface area contributed by atoms with Crippen molar-refractivity contribution in [1.82, 2.24) is 0 Å². The summed E-state index contributed by atoms with van der Waals surface area (Å²) in [5.41, 5.74) is -3.87. The summed E-state index contributed by atoms with van der Waals surface area (Å²) in [5, 5.41) is 0. The van der Waals surface area contributed by atoms with E-state index in [1.54, 1.807) is 12.1 Å². The molecule has 8 heteroatoms. The summed E-state index contributed by atoms with van der Waals surface area (Å²) >= 11 is 0. The van der Waals surface area contributed by atoms with E-state index in [-0.39, 0.29) is 5.75 Å². The average molecular weight is 506 g/mol. The van der Waals surface area contributed by atoms with Gasteiger partial charge in [0, 0.05) is 0 Å². The molecular weight excluding hydrogens is 477 g/mol. The van der Waals surface area contributed by atoms with Gasteiger partial charge in [-0.1, -0.05) is 36.4 Å². The predicted molar refractivity (Wildman–Crippen MR) is 129 cm³/mol. The van der Waals surface area contributed by atoms with Gasteiger partial charge in [0.2, 0.25) is 5.60 Å². The summed E-state index contributed by atoms with van der Waals surface area (Å²) in [6.45, 7) is 4.45. The van der Waals surface area contributed by atoms with Gasteiger partial charge in [0.1, 0.15) is 18.0 Å². The van der Waals surface area contributed by atoms with E-state index in [0.717, 1.165) is 21.6 Å². The van der Waals surface area contributed by atoms with Crippen LogP contribution in [-0.4, -0.2) is 30.1 Å². The van der Waals surface area contributed by atoms with Crippen molar-refractivity contribution in [3.05, 3.63) is 84.9 Å². The van der Waals surface area contributed by atoms with Gasteiger partial charge in [-0.05, 0) is 76.2 Å². The van der Waals surface area contributed by atoms with E-state index in [1.807, 2.05) is 72.8 Å². The molecule has 0 amide bonds. The zero-order chi connectivity index (χ0) is 25.7. The van der Waals surface area contributed by atoms with Gasteiger partial charge in [-0.3, -0.25) is 0 Å². The fraction of sp³-hybridized carbons (Fsp3) is 0.296. The van der Waals surface area contributed by atoms with Crippen LogP contribution in [0, 0.1) is 0 Å². The van der Waals surface area contributed by atoms with Crippen molar-refractivity contribution in [3.63, 3.8) is 0 Å². The minimum Gasteiger partial charge on any atom is -0.489 e. The van der Waals surface area contributed by atoms with E-state index in [2.05, 4.69) is 4.74 Å². The van der Waals surface area contributed by atoms with Crippen LogP contribution in [0.15, 0.2) is 99.6 Å². The second-order valence-electron chi connectivity index (χ2n) is 8.99. The van der Waals surface area contributed by atoms with E-state index < -0.39 is 41.0 Å². The Kier molecular flexibility index (Phi) is 8.05. The highest BCUT2D eigenvalue weighted by Gasteiger charge is 2.56. The van der Waals surface area contributed by atoms with Crippen molar-refractivity contribution in [2.75, 3.05) is 6.61 Å². The molecule has 1 atom stereocenters. The molecule has 0 aliphatic rings. The lowest BCUT2D eigenvalue weighted by Gasteiger charge is -2.32. The zero-order valence-corrected chi connectivity index (χ0v) is 20.8. The molecule has 0 aliphatic heterocycles. The van der Waals surface area contributed by atoms with Gasteiger partial charge in [0.25, 0.3) is 0 Å². The molecule has 0 aliphatic carbocycles. The smallest absolute Gasteiger partial charge is 0.489 e. The molecule has 3 rings (SSSR count). The highest BCUT2D eigenvalue weighted by Crippen LogP contribution is 2.36. The van der Waals surface area contributed by atoms with Gasteiger partial charge < -0.3 is 14.2 Å². The highest BCUT2D eigenvalue weighted by molar-refractivity contribution is 7.97. The molecule has 0 heterocycles. The van der Waals surface area contributed by atoms with Crippen LogP contribution >= 0.6 is 0 Å². The Morgan fingerprint density at radius 2 is 1.17 bits per heavy atom. The number of carbonyl (C=O) groups is 1. The number of hydrogen-bond acceptors (Lipinski definition) is 4. The van der Waals surface area contributed by atoms with Crippen LogP contribution in [0.4, 0.5) is 18.0 Å². The minimum absolute atomic E-state index is 0.224. The monoisotopic (exact) mass is 505 g/mol. The molecule has 0 N–H and O–H groups in total. The fourth-order valence-corrected chi connectivity index (χ4v) is 5.12. The Bertz CT molecular complexity index is 1060. The first-order valence-electron chi connectivity index (χ1n) is 10.9. The second kappa shape index (κ2) is 10.6. The molecule has 0 fully saturated rings. The summed E-state index contributed by atoms with van der Waals surface area (Å²) in [7, 11) is -0.397. The van der Waals surface area contributed by atoms with Crippen LogP contribution in [0.2, 0.25) is 0 Å². The molecule has 186 valence electrons. The fourth-order valence-electron chi connectivity index (χ4n) is 3.04. The first-order valence-corrected chi connectivity index (χ1v) is 12.2. The molecule has 35 heavy (non-hydrogen) atoms. The molecule has 0 saturated heterocycles. The normalized spacial score (nSPS) is 13.7. The van der Waals surface area contributed by atoms with Crippen LogP contribution in [0.25, 0.3) is 0 Å². The Balaban J connectivity index is 1.79. The predicted octanol–water partition coefficient (Wildman–Crippen LogP) is 7.43. The molecule has 1 unspecified atom stereocenters. The van der Waals surface area contributed by atoms with Crippen molar-refractivity contribution in [2.45, 2.75) is 59.8 Å². The molecule has 0 bridgehead atoms. The third kappa shape index (κ3) is 7.18. The Morgan fingerprint density at radius 3 is 1.60 bits per heavy atom. The molecule has 3 aromatic rings. The molecule has 3 aromatic carbocycles. The molecule has 0 spiro atoms. The topological polar surface area (TPSA) is 44.8 Å². The lowest BCUT2D eigenvalue weighted by atomic mass is 10.1. The summed E-state index contributed by atoms with van der Waals surface area (Å²) < 4.78 is 56.2. The number of halogens is 3. The van der Waals surface area contributed by atoms with Crippen LogP contribution in [0.5, 0.6) is 5.75 Å². The maximum atomic E-state index is 13.7. The maximum Gasteiger partial charge on any atom is 0.509 e. The van der Waals surface area contributed by atoms with Crippen molar-refractivity contribution < 1.29 is 32.2 Å². The molecule has 4 nitrogen and oxygen atoms in total. The minimum atomic E-state index is -4.86. The lowest BCUT2D eigenvalue weighted by molar-refractivity contribution is -0.266. The number of benzene rings is 3. The zero-order valence-electron chi connectivity index (χ0n) is 20.0. The van der Waals surface area contributed by atoms with Gasteiger partial charge in [-0.2, -0.15) is 13.2 Å². The number of rotatable bonds is 7. The highest BCUT2D eigenvalue weighted by atomic mass is 32.2. The van der Waals surface area contributed by atoms with Crippen molar-refractivity contribution in [3.8, 4) is 5.75 Å². The van der Waals surface area contributed by atoms with Gasteiger partial charge >= 0.3 is 12.3 Å². The van der Waals surface area contributed by atoms with Crippen LogP contribution < -0.4 is 4.74 Å². The SMILES string of the molecule is CC(C)(C)OC(=O)OC(C)(COc1ccc([S+](c2ccccc2)c2ccccc2)cc1)C(F)(F)F. The maximum absolute atomic E-state index is 13.7. The molecular formula is C27H28F3O4S+. The van der Waals surface area contributed by atoms with E-state index in [9.17, 15) is 18.0 Å². The quantitative estimate of drug-likeness (QED) is 0.247. The Labute approximate surface area is 206 Å². The van der Waals surface area contributed by atoms with Crippen molar-refractivity contribution >= 4 is 17.1 Å². The Hall–Kier alpha value is -3.13. The summed E-state index contributed by atoms with van der Waals surface area (Å²) in [6.07, 6.45) is -6.28. The molecule has 0 saturated carbocycles. The van der Waals surface area contributed by atoms with Crippen molar-refractivity contribution in [2.24, 2.45) is 0 Å². The number of ether oxygens (including phenoxy) is 3. The third-order valence-corrected chi connectivity index (χ3v) is 7.06. The van der Waals surface area contributed by atoms with E-state index >= 15 is 0 Å². The van der Waals surface area contributed by atoms with Gasteiger partial charge in [0.05, 0.1) is 10.9 Å². The van der Waals surface area contributed by atoms with Crippen LogP contribution in [0.3, 0.4) is 0 Å². The standard InChI is InChI=1S/C27H28F3O4S/c1-25(2,3)33-24(31)34-26(4,27(28,29)30)19-32-20-15-17-23(18-16-20)35(21-11-7-5-8-12-21)22-13-9-6-10-14-22/h5-18H,19H2,1-4H3/q+1. The van der Waals surface area contributed by atoms with Crippen LogP contribution in [-0.2, 0) is 20.4 Å². The van der Waals surface area contributed by atoms with E-state index in [4.69, 9.17) is 9.47 Å². The average Bonchev–Trinajstić information content (AvgIpc) is 2.78. The number of alkyl halides is 3. The molecule has 0 radical (unpaired) electrons. The van der Waals surface area contributed by atoms with E-state index in [0.29, 0.717) is 0 Å². The number of carbonyl (C=O) groups excluding carboxylic acids is 1. The summed E-state index contributed by atoms with van der Waals surface area (Å²) in [4.78, 5) is 15.1. The first kappa shape index (κ1) is 26.5. The third-order valence-electron chi connectivity index (χ3n) is 4.83. The number of hydrogen-bond donors (Lipinski definition) is 0. The van der Waals surface area contributed by atoms with Crippen molar-refractivity contribution in [1.29, 1.82) is 0 Å². The Morgan fingerprint density at radius 1 is 0.714 bits per heavy atom. The van der Waals surface area contributed by atoms with Gasteiger partial charge in [-0.15, -0.1) is 0 Å². The van der Waals surface area contributed by atoms with Gasteiger partial charge in [-0.25, -0.2) is 4.79 Å². The second-order valence-corrected chi connectivity index (χ2v) is 11.0. The lowest BCUT2D eigenvalue weighted by Crippen LogP contribution is -2.51. The van der Waals surface area contributed by atoms with E-state index in [1.165, 1.54) is 20.8 Å². The van der Waals surface area contributed by atoms with Crippen LogP contribution in [0.1, 0.15) is 27.7 Å². The summed E-state index contributed by atoms with van der Waals surface area (Å²) in [5.74, 6) is 0.224.